The van der Waals surface area contributed by atoms with Gasteiger partial charge in [0.2, 0.25) is 0 Å². The van der Waals surface area contributed by atoms with Crippen LogP contribution < -0.4 is 5.32 Å². The molecule has 1 aliphatic carbocycles. The van der Waals surface area contributed by atoms with Crippen LogP contribution in [-0.2, 0) is 11.2 Å². The van der Waals surface area contributed by atoms with Crippen LogP contribution >= 0.6 is 0 Å². The highest BCUT2D eigenvalue weighted by Gasteiger charge is 2.42. The van der Waals surface area contributed by atoms with E-state index >= 15 is 0 Å². The first-order valence-electron chi connectivity index (χ1n) is 11.4. The lowest BCUT2D eigenvalue weighted by molar-refractivity contribution is -0.0348. The summed E-state index contributed by atoms with van der Waals surface area (Å²) in [7, 11) is 0. The van der Waals surface area contributed by atoms with Gasteiger partial charge in [0.1, 0.15) is 11.9 Å². The number of carbonyl (C=O) groups is 1. The maximum Gasteiger partial charge on any atom is 0.407 e. The molecule has 3 aliphatic heterocycles. The minimum absolute atomic E-state index is 0.00151. The van der Waals surface area contributed by atoms with Crippen molar-refractivity contribution in [3.63, 3.8) is 0 Å². The summed E-state index contributed by atoms with van der Waals surface area (Å²) in [5, 5.41) is 3.16. The maximum absolute atomic E-state index is 14.5. The molecule has 0 saturated carbocycles. The van der Waals surface area contributed by atoms with Gasteiger partial charge in [-0.2, -0.15) is 0 Å². The minimum Gasteiger partial charge on any atom is -0.445 e. The van der Waals surface area contributed by atoms with Crippen molar-refractivity contribution < 1.29 is 13.9 Å². The molecule has 3 saturated heterocycles. The monoisotopic (exact) mass is 422 g/mol. The van der Waals surface area contributed by atoms with Gasteiger partial charge in [0.05, 0.1) is 6.04 Å². The van der Waals surface area contributed by atoms with Gasteiger partial charge in [0.15, 0.2) is 0 Å². The minimum atomic E-state index is -0.321. The summed E-state index contributed by atoms with van der Waals surface area (Å²) in [6.45, 7) is 9.33. The van der Waals surface area contributed by atoms with Crippen molar-refractivity contribution in [3.8, 4) is 11.1 Å². The van der Waals surface area contributed by atoms with Crippen LogP contribution in [0, 0.1) is 24.1 Å². The Morgan fingerprint density at radius 1 is 1.16 bits per heavy atom. The zero-order valence-electron chi connectivity index (χ0n) is 18.6. The van der Waals surface area contributed by atoms with Crippen molar-refractivity contribution in [1.29, 1.82) is 0 Å². The average molecular weight is 423 g/mol. The topological polar surface area (TPSA) is 41.6 Å². The number of hydrogen-bond acceptors (Lipinski definition) is 3. The number of nitrogens with zero attached hydrogens (tertiary/aromatic N) is 1. The second-order valence-electron chi connectivity index (χ2n) is 10.2. The molecular weight excluding hydrogens is 391 g/mol. The number of halogens is 1. The van der Waals surface area contributed by atoms with Crippen molar-refractivity contribution in [2.75, 3.05) is 19.6 Å². The number of alkyl carbamates (subject to hydrolysis) is 1. The quantitative estimate of drug-likeness (QED) is 0.735. The molecule has 2 bridgehead atoms. The molecule has 3 fully saturated rings. The van der Waals surface area contributed by atoms with Gasteiger partial charge in [-0.3, -0.25) is 4.90 Å². The summed E-state index contributed by atoms with van der Waals surface area (Å²) >= 11 is 0. The third kappa shape index (κ3) is 3.84. The van der Waals surface area contributed by atoms with Crippen LogP contribution in [-0.4, -0.2) is 36.7 Å². The molecular formula is C26H31FN2O2. The zero-order chi connectivity index (χ0) is 21.8. The third-order valence-corrected chi connectivity index (χ3v) is 7.43. The number of aryl methyl sites for hydroxylation is 1. The van der Waals surface area contributed by atoms with E-state index in [0.29, 0.717) is 11.5 Å². The summed E-state index contributed by atoms with van der Waals surface area (Å²) in [5.74, 6) is 0.291. The van der Waals surface area contributed by atoms with Crippen LogP contribution in [0.1, 0.15) is 49.4 Å². The van der Waals surface area contributed by atoms with E-state index in [4.69, 9.17) is 4.74 Å². The third-order valence-electron chi connectivity index (χ3n) is 7.43. The van der Waals surface area contributed by atoms with Gasteiger partial charge in [-0.1, -0.05) is 44.2 Å². The number of nitrogens with one attached hydrogen (secondary N) is 1. The number of rotatable bonds is 3. The highest BCUT2D eigenvalue weighted by Crippen LogP contribution is 2.46. The molecule has 3 heterocycles. The Kier molecular flexibility index (Phi) is 5.04. The van der Waals surface area contributed by atoms with Gasteiger partial charge in [-0.15, -0.1) is 0 Å². The molecule has 4 aliphatic rings. The SMILES string of the molecule is Cc1ccc(-c2ccc3c(c2)CC(C)(C)C3NC(=O)O[C@@H]2CN3CCC2CC3)c(F)c1. The lowest BCUT2D eigenvalue weighted by Crippen LogP contribution is -2.53. The first-order valence-corrected chi connectivity index (χ1v) is 11.4. The van der Waals surface area contributed by atoms with Gasteiger partial charge in [-0.25, -0.2) is 9.18 Å². The molecule has 31 heavy (non-hydrogen) atoms. The predicted octanol–water partition coefficient (Wildman–Crippen LogP) is 5.24. The number of fused-ring (bicyclic) bond motifs is 4. The largest absolute Gasteiger partial charge is 0.445 e. The Labute approximate surface area is 183 Å². The van der Waals surface area contributed by atoms with E-state index in [-0.39, 0.29) is 29.5 Å². The Balaban J connectivity index is 1.34. The van der Waals surface area contributed by atoms with Crippen LogP contribution in [0.3, 0.4) is 0 Å². The van der Waals surface area contributed by atoms with Crippen molar-refractivity contribution in [1.82, 2.24) is 10.2 Å². The molecule has 5 heteroatoms. The van der Waals surface area contributed by atoms with Crippen molar-refractivity contribution in [3.05, 3.63) is 58.9 Å². The molecule has 1 amide bonds. The van der Waals surface area contributed by atoms with Gasteiger partial charge >= 0.3 is 6.09 Å². The normalized spacial score (nSPS) is 28.3. The molecule has 0 aromatic heterocycles. The molecule has 164 valence electrons. The van der Waals surface area contributed by atoms with Crippen LogP contribution in [0.5, 0.6) is 0 Å². The van der Waals surface area contributed by atoms with E-state index in [0.717, 1.165) is 61.2 Å². The Hall–Kier alpha value is -2.40. The lowest BCUT2D eigenvalue weighted by Gasteiger charge is -2.44. The molecule has 4 nitrogen and oxygen atoms in total. The van der Waals surface area contributed by atoms with E-state index in [1.807, 2.05) is 31.2 Å². The number of amides is 1. The van der Waals surface area contributed by atoms with Gasteiger partial charge in [0, 0.05) is 12.1 Å². The summed E-state index contributed by atoms with van der Waals surface area (Å²) in [6, 6.07) is 11.3. The highest BCUT2D eigenvalue weighted by atomic mass is 19.1. The van der Waals surface area contributed by atoms with Crippen molar-refractivity contribution in [2.24, 2.45) is 11.3 Å². The summed E-state index contributed by atoms with van der Waals surface area (Å²) in [5.41, 5.74) is 4.53. The van der Waals surface area contributed by atoms with E-state index in [2.05, 4.69) is 30.1 Å². The number of piperidine rings is 3. The van der Waals surface area contributed by atoms with E-state index < -0.39 is 0 Å². The van der Waals surface area contributed by atoms with Crippen LogP contribution in [0.15, 0.2) is 36.4 Å². The molecule has 0 radical (unpaired) electrons. The smallest absolute Gasteiger partial charge is 0.407 e. The maximum atomic E-state index is 14.5. The van der Waals surface area contributed by atoms with E-state index in [9.17, 15) is 9.18 Å². The molecule has 1 unspecified atom stereocenters. The molecule has 0 spiro atoms. The van der Waals surface area contributed by atoms with E-state index in [1.165, 1.54) is 0 Å². The zero-order valence-corrected chi connectivity index (χ0v) is 18.6. The van der Waals surface area contributed by atoms with Crippen LogP contribution in [0.4, 0.5) is 9.18 Å². The van der Waals surface area contributed by atoms with Gasteiger partial charge < -0.3 is 10.1 Å². The number of hydrogen-bond donors (Lipinski definition) is 1. The Morgan fingerprint density at radius 2 is 1.94 bits per heavy atom. The summed E-state index contributed by atoms with van der Waals surface area (Å²) in [6.07, 6.45) is 2.74. The van der Waals surface area contributed by atoms with Crippen LogP contribution in [0.25, 0.3) is 11.1 Å². The highest BCUT2D eigenvalue weighted by molar-refractivity contribution is 5.70. The standard InChI is InChI=1S/C26H31FN2O2/c1-16-4-6-20(22(27)12-16)18-5-7-21-19(13-18)14-26(2,3)24(21)28-25(30)31-23-15-29-10-8-17(23)9-11-29/h4-7,12-13,17,23-24H,8-11,14-15H2,1-3H3,(H,28,30)/t23-,24?/m1/s1. The molecule has 2 aromatic rings. The molecule has 6 rings (SSSR count). The fourth-order valence-corrected chi connectivity index (χ4v) is 5.68. The lowest BCUT2D eigenvalue weighted by atomic mass is 9.85. The van der Waals surface area contributed by atoms with Gasteiger partial charge in [-0.05, 0) is 78.9 Å². The predicted molar refractivity (Wildman–Crippen MR) is 119 cm³/mol. The van der Waals surface area contributed by atoms with Crippen molar-refractivity contribution in [2.45, 2.75) is 52.2 Å². The molecule has 1 N–H and O–H groups in total. The Bertz CT molecular complexity index is 1010. The second kappa shape index (κ2) is 7.63. The second-order valence-corrected chi connectivity index (χ2v) is 10.2. The Morgan fingerprint density at radius 3 is 2.61 bits per heavy atom. The number of ether oxygens (including phenoxy) is 1. The van der Waals surface area contributed by atoms with Gasteiger partial charge in [0.25, 0.3) is 0 Å². The van der Waals surface area contributed by atoms with E-state index in [1.54, 1.807) is 6.07 Å². The first-order chi connectivity index (χ1) is 14.8. The number of carbonyl (C=O) groups excluding carboxylic acids is 1. The first kappa shape index (κ1) is 20.5. The van der Waals surface area contributed by atoms with Crippen molar-refractivity contribution >= 4 is 6.09 Å². The summed E-state index contributed by atoms with van der Waals surface area (Å²) < 4.78 is 20.4. The average Bonchev–Trinajstić information content (AvgIpc) is 2.97. The molecule has 2 atom stereocenters. The number of benzene rings is 2. The fraction of sp³-hybridized carbons (Fsp3) is 0.500. The van der Waals surface area contributed by atoms with Crippen LogP contribution in [0.2, 0.25) is 0 Å². The molecule has 2 aromatic carbocycles. The summed E-state index contributed by atoms with van der Waals surface area (Å²) in [4.78, 5) is 15.2. The fourth-order valence-electron chi connectivity index (χ4n) is 5.68.